The SMILES string of the molecule is COC(=O)c1cncc(N(N)/C=C(\N)c2cc(C(=O)Nc3cc(C(C)(C)C)cc(NSC)c3OC)ccc2C)c1. The van der Waals surface area contributed by atoms with Gasteiger partial charge in [0, 0.05) is 29.8 Å². The van der Waals surface area contributed by atoms with Crippen LogP contribution in [0.4, 0.5) is 17.1 Å². The number of pyridine rings is 1. The first-order chi connectivity index (χ1) is 18.9. The lowest BCUT2D eigenvalue weighted by Gasteiger charge is -2.24. The second-order valence-corrected chi connectivity index (χ2v) is 10.7. The molecule has 0 saturated heterocycles. The Balaban J connectivity index is 1.94. The third-order valence-electron chi connectivity index (χ3n) is 6.15. The van der Waals surface area contributed by atoms with Crippen molar-refractivity contribution in [3.05, 3.63) is 82.8 Å². The van der Waals surface area contributed by atoms with E-state index in [1.807, 2.05) is 31.4 Å². The average molecular weight is 565 g/mol. The van der Waals surface area contributed by atoms with Gasteiger partial charge in [-0.2, -0.15) is 0 Å². The Labute approximate surface area is 239 Å². The van der Waals surface area contributed by atoms with Gasteiger partial charge < -0.3 is 25.2 Å². The Bertz CT molecular complexity index is 1430. The Morgan fingerprint density at radius 1 is 1.05 bits per heavy atom. The van der Waals surface area contributed by atoms with Gasteiger partial charge in [-0.1, -0.05) is 38.8 Å². The van der Waals surface area contributed by atoms with Gasteiger partial charge in [-0.3, -0.25) is 14.8 Å². The summed E-state index contributed by atoms with van der Waals surface area (Å²) in [4.78, 5) is 29.3. The number of aryl methyl sites for hydroxylation is 1. The van der Waals surface area contributed by atoms with E-state index < -0.39 is 5.97 Å². The number of esters is 1. The van der Waals surface area contributed by atoms with Crippen LogP contribution < -0.4 is 31.4 Å². The third kappa shape index (κ3) is 7.04. The average Bonchev–Trinajstić information content (AvgIpc) is 2.92. The summed E-state index contributed by atoms with van der Waals surface area (Å²) >= 11 is 1.44. The van der Waals surface area contributed by atoms with E-state index in [0.717, 1.165) is 16.8 Å². The fourth-order valence-electron chi connectivity index (χ4n) is 3.92. The standard InChI is InChI=1S/C29H36N6O4S/c1-17-8-9-18(11-22(17)23(30)16-35(31)21-10-19(14-32-15-21)28(37)39-6)27(36)33-24-12-20(29(2,3)4)13-25(34-40-7)26(24)38-5/h8-16,34H,30-31H2,1-7H3,(H,33,36)/b23-16-. The van der Waals surface area contributed by atoms with E-state index in [1.165, 1.54) is 42.7 Å². The van der Waals surface area contributed by atoms with Crippen molar-refractivity contribution in [2.75, 3.05) is 35.5 Å². The lowest BCUT2D eigenvalue weighted by atomic mass is 9.86. The molecule has 0 radical (unpaired) electrons. The Kier molecular flexibility index (Phi) is 9.67. The maximum atomic E-state index is 13.4. The Morgan fingerprint density at radius 3 is 2.38 bits per heavy atom. The zero-order chi connectivity index (χ0) is 29.6. The van der Waals surface area contributed by atoms with E-state index >= 15 is 0 Å². The van der Waals surface area contributed by atoms with Crippen molar-refractivity contribution in [2.24, 2.45) is 11.6 Å². The number of rotatable bonds is 9. The first-order valence-electron chi connectivity index (χ1n) is 12.4. The number of nitrogens with zero attached hydrogens (tertiary/aromatic N) is 2. The zero-order valence-corrected chi connectivity index (χ0v) is 24.6. The summed E-state index contributed by atoms with van der Waals surface area (Å²) in [6.45, 7) is 8.20. The minimum absolute atomic E-state index is 0.156. The number of carbonyl (C=O) groups excluding carboxylic acids is 2. The third-order valence-corrected chi connectivity index (χ3v) is 6.58. The topological polar surface area (TPSA) is 145 Å². The molecular formula is C29H36N6O4S. The summed E-state index contributed by atoms with van der Waals surface area (Å²) < 4.78 is 13.6. The molecule has 0 aliphatic rings. The van der Waals surface area contributed by atoms with Gasteiger partial charge in [0.1, 0.15) is 0 Å². The maximum absolute atomic E-state index is 13.4. The normalized spacial score (nSPS) is 11.6. The minimum atomic E-state index is -0.532. The van der Waals surface area contributed by atoms with Gasteiger partial charge in [0.15, 0.2) is 5.75 Å². The molecule has 0 atom stereocenters. The lowest BCUT2D eigenvalue weighted by Crippen LogP contribution is -2.26. The highest BCUT2D eigenvalue weighted by atomic mass is 32.2. The number of nitrogens with two attached hydrogens (primary N) is 2. The molecular weight excluding hydrogens is 528 g/mol. The van der Waals surface area contributed by atoms with Crippen LogP contribution in [-0.4, -0.2) is 37.3 Å². The largest absolute Gasteiger partial charge is 0.492 e. The van der Waals surface area contributed by atoms with Crippen LogP contribution >= 0.6 is 11.9 Å². The molecule has 1 heterocycles. The van der Waals surface area contributed by atoms with Gasteiger partial charge in [-0.25, -0.2) is 10.6 Å². The quantitative estimate of drug-likeness (QED) is 0.120. The van der Waals surface area contributed by atoms with E-state index in [1.54, 1.807) is 25.3 Å². The number of hydrogen-bond acceptors (Lipinski definition) is 10. The second-order valence-electron chi connectivity index (χ2n) is 10.1. The molecule has 1 amide bonds. The van der Waals surface area contributed by atoms with Crippen LogP contribution in [0.2, 0.25) is 0 Å². The number of aromatic nitrogens is 1. The number of carbonyl (C=O) groups is 2. The molecule has 0 bridgehead atoms. The molecule has 0 saturated carbocycles. The number of benzene rings is 2. The molecule has 2 aromatic carbocycles. The molecule has 0 aliphatic heterocycles. The van der Waals surface area contributed by atoms with E-state index in [9.17, 15) is 9.59 Å². The molecule has 0 spiro atoms. The van der Waals surface area contributed by atoms with Crippen LogP contribution in [0.15, 0.2) is 55.0 Å². The lowest BCUT2D eigenvalue weighted by molar-refractivity contribution is 0.0600. The van der Waals surface area contributed by atoms with Crippen LogP contribution in [0.25, 0.3) is 5.70 Å². The summed E-state index contributed by atoms with van der Waals surface area (Å²) in [5, 5.41) is 4.26. The highest BCUT2D eigenvalue weighted by Crippen LogP contribution is 2.39. The van der Waals surface area contributed by atoms with E-state index in [2.05, 4.69) is 35.8 Å². The predicted molar refractivity (Wildman–Crippen MR) is 162 cm³/mol. The molecule has 1 aromatic heterocycles. The van der Waals surface area contributed by atoms with Crippen LogP contribution in [0.3, 0.4) is 0 Å². The van der Waals surface area contributed by atoms with Crippen molar-refractivity contribution in [3.63, 3.8) is 0 Å². The number of nitrogens with one attached hydrogen (secondary N) is 2. The highest BCUT2D eigenvalue weighted by Gasteiger charge is 2.21. The maximum Gasteiger partial charge on any atom is 0.339 e. The van der Waals surface area contributed by atoms with Crippen LogP contribution in [0, 0.1) is 6.92 Å². The summed E-state index contributed by atoms with van der Waals surface area (Å²) in [5.74, 6) is 5.87. The van der Waals surface area contributed by atoms with Crippen LogP contribution in [-0.2, 0) is 10.2 Å². The van der Waals surface area contributed by atoms with E-state index in [0.29, 0.717) is 33.9 Å². The van der Waals surface area contributed by atoms with Crippen molar-refractivity contribution in [3.8, 4) is 5.75 Å². The van der Waals surface area contributed by atoms with Gasteiger partial charge in [0.2, 0.25) is 0 Å². The van der Waals surface area contributed by atoms with Crippen molar-refractivity contribution >= 4 is 46.6 Å². The van der Waals surface area contributed by atoms with Gasteiger partial charge >= 0.3 is 5.97 Å². The van der Waals surface area contributed by atoms with Crippen molar-refractivity contribution in [1.29, 1.82) is 0 Å². The molecule has 3 rings (SSSR count). The molecule has 212 valence electrons. The van der Waals surface area contributed by atoms with E-state index in [4.69, 9.17) is 21.1 Å². The number of amides is 1. The highest BCUT2D eigenvalue weighted by molar-refractivity contribution is 7.99. The van der Waals surface area contributed by atoms with Crippen LogP contribution in [0.5, 0.6) is 5.75 Å². The predicted octanol–water partition coefficient (Wildman–Crippen LogP) is 5.06. The number of ether oxygens (including phenoxy) is 2. The minimum Gasteiger partial charge on any atom is -0.492 e. The fourth-order valence-corrected chi connectivity index (χ4v) is 4.29. The fraction of sp³-hybridized carbons (Fsp3) is 0.276. The van der Waals surface area contributed by atoms with Crippen molar-refractivity contribution in [2.45, 2.75) is 33.1 Å². The molecule has 3 aromatic rings. The number of anilines is 3. The first-order valence-corrected chi connectivity index (χ1v) is 13.6. The molecule has 0 unspecified atom stereocenters. The van der Waals surface area contributed by atoms with Crippen LogP contribution in [0.1, 0.15) is 58.2 Å². The molecule has 40 heavy (non-hydrogen) atoms. The van der Waals surface area contributed by atoms with Gasteiger partial charge in [-0.05, 0) is 53.8 Å². The molecule has 0 aliphatic carbocycles. The molecule has 11 heteroatoms. The molecule has 0 fully saturated rings. The summed E-state index contributed by atoms with van der Waals surface area (Å²) in [7, 11) is 2.86. The molecule has 10 nitrogen and oxygen atoms in total. The van der Waals surface area contributed by atoms with Gasteiger partial charge in [0.05, 0.1) is 48.7 Å². The zero-order valence-electron chi connectivity index (χ0n) is 23.8. The summed E-state index contributed by atoms with van der Waals surface area (Å²) in [6, 6.07) is 10.7. The van der Waals surface area contributed by atoms with Gasteiger partial charge in [-0.15, -0.1) is 0 Å². The number of methoxy groups -OCH3 is 2. The Hall–Kier alpha value is -4.22. The van der Waals surface area contributed by atoms with Crippen molar-refractivity contribution in [1.82, 2.24) is 4.98 Å². The number of hydrazine groups is 1. The smallest absolute Gasteiger partial charge is 0.339 e. The van der Waals surface area contributed by atoms with Gasteiger partial charge in [0.25, 0.3) is 5.91 Å². The first kappa shape index (κ1) is 30.3. The summed E-state index contributed by atoms with van der Waals surface area (Å²) in [6.07, 6.45) is 6.29. The second kappa shape index (κ2) is 12.8. The van der Waals surface area contributed by atoms with E-state index in [-0.39, 0.29) is 16.9 Å². The Morgan fingerprint density at radius 2 is 1.75 bits per heavy atom. The number of hydrogen-bond donors (Lipinski definition) is 4. The monoisotopic (exact) mass is 564 g/mol. The molecule has 6 N–H and O–H groups in total. The summed E-state index contributed by atoms with van der Waals surface area (Å²) in [5.41, 5.74) is 11.5. The van der Waals surface area contributed by atoms with Crippen molar-refractivity contribution < 1.29 is 19.1 Å².